The van der Waals surface area contributed by atoms with Crippen molar-refractivity contribution in [3.8, 4) is 0 Å². The molecule has 32 heavy (non-hydrogen) atoms. The summed E-state index contributed by atoms with van der Waals surface area (Å²) in [5.74, 6) is -0.225. The molecule has 0 bridgehead atoms. The Morgan fingerprint density at radius 1 is 1.09 bits per heavy atom. The molecule has 2 aliphatic heterocycles. The van der Waals surface area contributed by atoms with Crippen LogP contribution in [0.25, 0.3) is 5.52 Å². The smallest absolute Gasteiger partial charge is 0.233 e. The first-order chi connectivity index (χ1) is 15.7. The number of fused-ring (bicyclic) bond motifs is 1. The van der Waals surface area contributed by atoms with Gasteiger partial charge in [0.2, 0.25) is 5.91 Å². The van der Waals surface area contributed by atoms with E-state index in [2.05, 4.69) is 15.5 Å². The van der Waals surface area contributed by atoms with Gasteiger partial charge in [-0.3, -0.25) is 9.78 Å². The van der Waals surface area contributed by atoms with E-state index in [-0.39, 0.29) is 17.6 Å². The number of rotatable bonds is 4. The summed E-state index contributed by atoms with van der Waals surface area (Å²) >= 11 is 0. The molecule has 0 unspecified atom stereocenters. The summed E-state index contributed by atoms with van der Waals surface area (Å²) in [6.45, 7) is 3.04. The van der Waals surface area contributed by atoms with Crippen LogP contribution in [0.4, 0.5) is 4.39 Å². The van der Waals surface area contributed by atoms with E-state index in [9.17, 15) is 9.18 Å². The summed E-state index contributed by atoms with van der Waals surface area (Å²) in [6.07, 6.45) is 7.43. The van der Waals surface area contributed by atoms with Crippen LogP contribution in [0.1, 0.15) is 24.1 Å². The number of amides is 1. The first-order valence-corrected chi connectivity index (χ1v) is 11.3. The highest BCUT2D eigenvalue weighted by atomic mass is 19.1. The highest BCUT2D eigenvalue weighted by Gasteiger charge is 2.46. The Balaban J connectivity index is 1.41. The summed E-state index contributed by atoms with van der Waals surface area (Å²) < 4.78 is 28.3. The van der Waals surface area contributed by atoms with Gasteiger partial charge in [0.25, 0.3) is 0 Å². The molecular formula is C25H28FN3O3. The number of aromatic nitrogens is 2. The van der Waals surface area contributed by atoms with Crippen molar-refractivity contribution in [2.75, 3.05) is 39.5 Å². The van der Waals surface area contributed by atoms with Gasteiger partial charge in [0.05, 0.1) is 29.8 Å². The van der Waals surface area contributed by atoms with Crippen molar-refractivity contribution in [1.29, 1.82) is 0 Å². The topological polar surface area (TPSA) is 56.1 Å². The lowest BCUT2D eigenvalue weighted by Gasteiger charge is -2.40. The van der Waals surface area contributed by atoms with Gasteiger partial charge in [0.15, 0.2) is 0 Å². The van der Waals surface area contributed by atoms with Crippen LogP contribution in [0.2, 0.25) is 0 Å². The van der Waals surface area contributed by atoms with Gasteiger partial charge in [-0.15, -0.1) is 0 Å². The van der Waals surface area contributed by atoms with Crippen LogP contribution in [0.3, 0.4) is 0 Å². The zero-order chi connectivity index (χ0) is 22.0. The fourth-order valence-electron chi connectivity index (χ4n) is 5.12. The Hall–Kier alpha value is -2.77. The zero-order valence-corrected chi connectivity index (χ0v) is 18.1. The normalized spacial score (nSPS) is 21.4. The van der Waals surface area contributed by atoms with Gasteiger partial charge in [-0.05, 0) is 37.5 Å². The second-order valence-corrected chi connectivity index (χ2v) is 8.75. The lowest BCUT2D eigenvalue weighted by molar-refractivity contribution is -0.142. The van der Waals surface area contributed by atoms with Gasteiger partial charge in [0.1, 0.15) is 5.82 Å². The van der Waals surface area contributed by atoms with Crippen molar-refractivity contribution < 1.29 is 18.7 Å². The summed E-state index contributed by atoms with van der Waals surface area (Å²) in [4.78, 5) is 20.5. The minimum absolute atomic E-state index is 0.0183. The molecule has 0 N–H and O–H groups in total. The second kappa shape index (κ2) is 9.00. The van der Waals surface area contributed by atoms with Gasteiger partial charge in [-0.1, -0.05) is 18.2 Å². The minimum atomic E-state index is -0.891. The van der Waals surface area contributed by atoms with Crippen LogP contribution in [0.15, 0.2) is 55.0 Å². The molecule has 4 heterocycles. The minimum Gasteiger partial charge on any atom is -0.381 e. The van der Waals surface area contributed by atoms with E-state index in [0.29, 0.717) is 64.3 Å². The third-order valence-corrected chi connectivity index (χ3v) is 6.78. The van der Waals surface area contributed by atoms with E-state index in [1.54, 1.807) is 24.4 Å². The van der Waals surface area contributed by atoms with E-state index in [0.717, 1.165) is 11.2 Å². The first-order valence-electron chi connectivity index (χ1n) is 11.3. The van der Waals surface area contributed by atoms with E-state index < -0.39 is 5.41 Å². The Bertz CT molecular complexity index is 1090. The predicted molar refractivity (Wildman–Crippen MR) is 118 cm³/mol. The van der Waals surface area contributed by atoms with Gasteiger partial charge in [0, 0.05) is 56.4 Å². The zero-order valence-electron chi connectivity index (χ0n) is 18.1. The van der Waals surface area contributed by atoms with Gasteiger partial charge in [-0.2, -0.15) is 0 Å². The molecule has 168 valence electrons. The lowest BCUT2D eigenvalue weighted by Crippen LogP contribution is -2.51. The highest BCUT2D eigenvalue weighted by Crippen LogP contribution is 2.38. The van der Waals surface area contributed by atoms with E-state index >= 15 is 0 Å². The molecule has 1 atom stereocenters. The van der Waals surface area contributed by atoms with Crippen LogP contribution >= 0.6 is 0 Å². The van der Waals surface area contributed by atoms with Crippen molar-refractivity contribution in [3.63, 3.8) is 0 Å². The first kappa shape index (κ1) is 21.1. The fourth-order valence-corrected chi connectivity index (χ4v) is 5.12. The van der Waals surface area contributed by atoms with Crippen molar-refractivity contribution >= 4 is 11.4 Å². The number of ether oxygens (including phenoxy) is 2. The molecule has 2 aliphatic rings. The molecule has 0 radical (unpaired) electrons. The molecule has 6 nitrogen and oxygen atoms in total. The van der Waals surface area contributed by atoms with Gasteiger partial charge < -0.3 is 18.8 Å². The Morgan fingerprint density at radius 3 is 2.78 bits per heavy atom. The van der Waals surface area contributed by atoms with E-state index in [1.165, 1.54) is 6.07 Å². The number of carbonyl (C=O) groups is 1. The second-order valence-electron chi connectivity index (χ2n) is 8.75. The summed E-state index contributed by atoms with van der Waals surface area (Å²) in [5.41, 5.74) is 1.66. The van der Waals surface area contributed by atoms with Crippen molar-refractivity contribution in [2.24, 2.45) is 5.92 Å². The molecular weight excluding hydrogens is 409 g/mol. The molecule has 2 saturated heterocycles. The number of hydrogen-bond donors (Lipinski definition) is 0. The number of halogens is 1. The Morgan fingerprint density at radius 2 is 1.94 bits per heavy atom. The van der Waals surface area contributed by atoms with Crippen LogP contribution in [0.5, 0.6) is 0 Å². The Labute approximate surface area is 187 Å². The maximum Gasteiger partial charge on any atom is 0.233 e. The monoisotopic (exact) mass is 437 g/mol. The average molecular weight is 438 g/mol. The number of nitrogens with zero attached hydrogens (tertiary/aromatic N) is 3. The lowest BCUT2D eigenvalue weighted by atomic mass is 9.72. The summed E-state index contributed by atoms with van der Waals surface area (Å²) in [5, 5.41) is 0. The summed E-state index contributed by atoms with van der Waals surface area (Å²) in [7, 11) is 0. The predicted octanol–water partition coefficient (Wildman–Crippen LogP) is 3.24. The standard InChI is InChI=1S/C25H28FN3O3/c26-21-5-2-1-4-20(21)25(7-13-31-14-8-25)24(30)29-12-15-32-18-19(17-29)16-22-23-6-3-10-28(23)11-9-27-22/h1-6,9-11,19H,7-8,12-18H2/t19-/m0/s1. The van der Waals surface area contributed by atoms with Crippen molar-refractivity contribution in [3.05, 3.63) is 72.1 Å². The van der Waals surface area contributed by atoms with Crippen molar-refractivity contribution in [2.45, 2.75) is 24.7 Å². The van der Waals surface area contributed by atoms with Crippen molar-refractivity contribution in [1.82, 2.24) is 14.3 Å². The molecule has 0 spiro atoms. The SMILES string of the molecule is O=C(N1CCOC[C@@H](Cc2nccn3cccc23)C1)C1(c2ccccc2F)CCOCC1. The van der Waals surface area contributed by atoms with Gasteiger partial charge in [-0.25, -0.2) is 4.39 Å². The van der Waals surface area contributed by atoms with E-state index in [4.69, 9.17) is 9.47 Å². The number of hydrogen-bond acceptors (Lipinski definition) is 4. The quantitative estimate of drug-likeness (QED) is 0.629. The van der Waals surface area contributed by atoms with Crippen LogP contribution in [-0.2, 0) is 26.1 Å². The molecule has 2 fully saturated rings. The Kier molecular flexibility index (Phi) is 5.93. The largest absolute Gasteiger partial charge is 0.381 e. The average Bonchev–Trinajstić information content (AvgIpc) is 3.19. The fraction of sp³-hybridized carbons (Fsp3) is 0.440. The van der Waals surface area contributed by atoms with Crippen LogP contribution in [-0.4, -0.2) is 59.7 Å². The molecule has 3 aromatic rings. The molecule has 2 aromatic heterocycles. The molecule has 1 amide bonds. The highest BCUT2D eigenvalue weighted by molar-refractivity contribution is 5.88. The molecule has 1 aromatic carbocycles. The third-order valence-electron chi connectivity index (χ3n) is 6.78. The molecule has 5 rings (SSSR count). The van der Waals surface area contributed by atoms with Crippen LogP contribution in [0, 0.1) is 11.7 Å². The maximum absolute atomic E-state index is 14.9. The molecule has 0 saturated carbocycles. The molecule has 0 aliphatic carbocycles. The van der Waals surface area contributed by atoms with Crippen LogP contribution < -0.4 is 0 Å². The van der Waals surface area contributed by atoms with Gasteiger partial charge >= 0.3 is 0 Å². The number of benzene rings is 1. The summed E-state index contributed by atoms with van der Waals surface area (Å²) in [6, 6.07) is 10.7. The molecule has 7 heteroatoms. The number of carbonyl (C=O) groups excluding carboxylic acids is 1. The van der Waals surface area contributed by atoms with E-state index in [1.807, 2.05) is 23.4 Å². The maximum atomic E-state index is 14.9. The third kappa shape index (κ3) is 3.91.